The van der Waals surface area contributed by atoms with Gasteiger partial charge < -0.3 is 4.74 Å². The maximum Gasteiger partial charge on any atom is 0.311 e. The average molecular weight is 431 g/mol. The van der Waals surface area contributed by atoms with Crippen molar-refractivity contribution in [3.8, 4) is 22.7 Å². The van der Waals surface area contributed by atoms with E-state index in [4.69, 9.17) is 4.74 Å². The normalized spacial score (nSPS) is 11.0. The molecule has 0 aliphatic heterocycles. The molecule has 4 aromatic rings. The van der Waals surface area contributed by atoms with Crippen LogP contribution in [-0.4, -0.2) is 27.6 Å². The Balaban J connectivity index is 1.80. The van der Waals surface area contributed by atoms with Gasteiger partial charge in [0.1, 0.15) is 5.69 Å². The van der Waals surface area contributed by atoms with Crippen molar-refractivity contribution in [1.82, 2.24) is 9.78 Å². The number of hydrogen-bond acceptors (Lipinski definition) is 6. The van der Waals surface area contributed by atoms with Crippen molar-refractivity contribution in [1.29, 1.82) is 0 Å². The molecule has 31 heavy (non-hydrogen) atoms. The van der Waals surface area contributed by atoms with Gasteiger partial charge in [0.15, 0.2) is 11.5 Å². The van der Waals surface area contributed by atoms with Crippen molar-refractivity contribution >= 4 is 28.9 Å². The molecule has 0 aliphatic carbocycles. The largest absolute Gasteiger partial charge is 0.490 e. The van der Waals surface area contributed by atoms with Gasteiger partial charge in [0.25, 0.3) is 0 Å². The first-order valence-corrected chi connectivity index (χ1v) is 10.2. The molecule has 0 unspecified atom stereocenters. The molecule has 0 aliphatic rings. The predicted octanol–water partition coefficient (Wildman–Crippen LogP) is 5.41. The summed E-state index contributed by atoms with van der Waals surface area (Å²) in [6, 6.07) is 17.8. The fourth-order valence-corrected chi connectivity index (χ4v) is 3.74. The van der Waals surface area contributed by atoms with Crippen molar-refractivity contribution < 1.29 is 14.5 Å². The molecule has 2 heterocycles. The number of nitro benzene ring substituents is 1. The van der Waals surface area contributed by atoms with Gasteiger partial charge in [-0.15, -0.1) is 11.3 Å². The molecular weight excluding hydrogens is 414 g/mol. The second-order valence-corrected chi connectivity index (χ2v) is 7.48. The smallest absolute Gasteiger partial charge is 0.311 e. The Labute approximate surface area is 182 Å². The van der Waals surface area contributed by atoms with Gasteiger partial charge in [0, 0.05) is 23.4 Å². The molecule has 0 fully saturated rings. The van der Waals surface area contributed by atoms with E-state index in [1.54, 1.807) is 35.2 Å². The number of methoxy groups -OCH3 is 1. The Morgan fingerprint density at radius 2 is 1.97 bits per heavy atom. The highest BCUT2D eigenvalue weighted by Crippen LogP contribution is 2.33. The van der Waals surface area contributed by atoms with Gasteiger partial charge in [0.2, 0.25) is 0 Å². The van der Waals surface area contributed by atoms with E-state index in [1.165, 1.54) is 30.6 Å². The molecule has 154 valence electrons. The van der Waals surface area contributed by atoms with Gasteiger partial charge in [-0.1, -0.05) is 24.3 Å². The second-order valence-electron chi connectivity index (χ2n) is 6.53. The molecule has 0 amide bonds. The van der Waals surface area contributed by atoms with E-state index in [9.17, 15) is 14.9 Å². The number of carbonyl (C=O) groups excluding carboxylic acids is 1. The van der Waals surface area contributed by atoms with Gasteiger partial charge in [-0.3, -0.25) is 14.9 Å². The Kier molecular flexibility index (Phi) is 5.72. The molecular formula is C23H17N3O4S. The molecule has 0 N–H and O–H groups in total. The Bertz CT molecular complexity index is 1260. The number of aromatic nitrogens is 2. The lowest BCUT2D eigenvalue weighted by Crippen LogP contribution is -1.96. The highest BCUT2D eigenvalue weighted by molar-refractivity contribution is 7.12. The third kappa shape index (κ3) is 4.29. The first-order valence-electron chi connectivity index (χ1n) is 9.30. The van der Waals surface area contributed by atoms with Crippen LogP contribution < -0.4 is 4.74 Å². The summed E-state index contributed by atoms with van der Waals surface area (Å²) in [5.41, 5.74) is 2.40. The zero-order chi connectivity index (χ0) is 21.8. The van der Waals surface area contributed by atoms with Crippen LogP contribution >= 0.6 is 11.3 Å². The fourth-order valence-electron chi connectivity index (χ4n) is 3.09. The number of ether oxygens (including phenoxy) is 1. The summed E-state index contributed by atoms with van der Waals surface area (Å²) in [4.78, 5) is 24.0. The van der Waals surface area contributed by atoms with Crippen LogP contribution in [0.15, 0.2) is 78.3 Å². The van der Waals surface area contributed by atoms with Gasteiger partial charge in [-0.2, -0.15) is 5.10 Å². The van der Waals surface area contributed by atoms with Crippen LogP contribution in [0, 0.1) is 10.1 Å². The van der Waals surface area contributed by atoms with Crippen molar-refractivity contribution in [2.75, 3.05) is 7.11 Å². The first kappa shape index (κ1) is 20.2. The van der Waals surface area contributed by atoms with Crippen LogP contribution in [0.3, 0.4) is 0 Å². The quantitative estimate of drug-likeness (QED) is 0.169. The molecule has 0 bridgehead atoms. The number of allylic oxidation sites excluding steroid dienone is 1. The number of thiophene rings is 1. The molecule has 8 heteroatoms. The Morgan fingerprint density at radius 1 is 1.16 bits per heavy atom. The van der Waals surface area contributed by atoms with Crippen LogP contribution in [0.2, 0.25) is 0 Å². The SMILES string of the molecule is COc1ccc(-c2nn(-c3ccccc3)cc2/C=C/C(=O)c2cccs2)cc1[N+](=O)[O-]. The van der Waals surface area contributed by atoms with Crippen LogP contribution in [-0.2, 0) is 0 Å². The third-order valence-electron chi connectivity index (χ3n) is 4.59. The minimum Gasteiger partial charge on any atom is -0.490 e. The number of nitrogens with zero attached hydrogens (tertiary/aromatic N) is 3. The number of ketones is 1. The molecule has 0 radical (unpaired) electrons. The number of carbonyl (C=O) groups is 1. The molecule has 0 saturated carbocycles. The van der Waals surface area contributed by atoms with Crippen LogP contribution in [0.1, 0.15) is 15.2 Å². The van der Waals surface area contributed by atoms with E-state index in [0.717, 1.165) is 5.69 Å². The number of nitro groups is 1. The van der Waals surface area contributed by atoms with E-state index in [-0.39, 0.29) is 17.2 Å². The lowest BCUT2D eigenvalue weighted by Gasteiger charge is -2.04. The Hall–Kier alpha value is -4.04. The fraction of sp³-hybridized carbons (Fsp3) is 0.0435. The zero-order valence-electron chi connectivity index (χ0n) is 16.5. The van der Waals surface area contributed by atoms with Crippen LogP contribution in [0.25, 0.3) is 23.0 Å². The maximum absolute atomic E-state index is 12.4. The summed E-state index contributed by atoms with van der Waals surface area (Å²) in [6.07, 6.45) is 4.96. The van der Waals surface area contributed by atoms with E-state index < -0.39 is 4.92 Å². The van der Waals surface area contributed by atoms with Crippen molar-refractivity contribution in [3.05, 3.63) is 98.9 Å². The highest BCUT2D eigenvalue weighted by atomic mass is 32.1. The molecule has 2 aromatic carbocycles. The first-order chi connectivity index (χ1) is 15.1. The highest BCUT2D eigenvalue weighted by Gasteiger charge is 2.19. The average Bonchev–Trinajstić information content (AvgIpc) is 3.48. The van der Waals surface area contributed by atoms with Crippen LogP contribution in [0.5, 0.6) is 5.75 Å². The molecule has 7 nitrogen and oxygen atoms in total. The molecule has 0 saturated heterocycles. The maximum atomic E-state index is 12.4. The summed E-state index contributed by atoms with van der Waals surface area (Å²) in [7, 11) is 1.39. The van der Waals surface area contributed by atoms with E-state index in [2.05, 4.69) is 5.10 Å². The van der Waals surface area contributed by atoms with E-state index in [1.807, 2.05) is 41.8 Å². The molecule has 0 spiro atoms. The third-order valence-corrected chi connectivity index (χ3v) is 5.47. The van der Waals surface area contributed by atoms with Gasteiger partial charge >= 0.3 is 5.69 Å². The van der Waals surface area contributed by atoms with Crippen LogP contribution in [0.4, 0.5) is 5.69 Å². The predicted molar refractivity (Wildman–Crippen MR) is 120 cm³/mol. The topological polar surface area (TPSA) is 87.3 Å². The van der Waals surface area contributed by atoms with Crippen molar-refractivity contribution in [2.24, 2.45) is 0 Å². The zero-order valence-corrected chi connectivity index (χ0v) is 17.3. The van der Waals surface area contributed by atoms with Crippen molar-refractivity contribution in [3.63, 3.8) is 0 Å². The number of para-hydroxylation sites is 1. The number of rotatable bonds is 7. The standard InChI is InChI=1S/C23H17N3O4S/c1-30-21-12-10-16(14-19(21)26(28)29)23-17(9-11-20(27)22-8-5-13-31-22)15-25(24-23)18-6-3-2-4-7-18/h2-15H,1H3/b11-9+. The summed E-state index contributed by atoms with van der Waals surface area (Å²) in [5.74, 6) is 0.0512. The lowest BCUT2D eigenvalue weighted by molar-refractivity contribution is -0.385. The van der Waals surface area contributed by atoms with Gasteiger partial charge in [-0.25, -0.2) is 4.68 Å². The van der Waals surface area contributed by atoms with E-state index in [0.29, 0.717) is 21.7 Å². The van der Waals surface area contributed by atoms with Gasteiger partial charge in [-0.05, 0) is 47.9 Å². The minimum absolute atomic E-state index is 0.117. The minimum atomic E-state index is -0.494. The van der Waals surface area contributed by atoms with Gasteiger partial charge in [0.05, 0.1) is 22.6 Å². The number of hydrogen-bond donors (Lipinski definition) is 0. The van der Waals surface area contributed by atoms with Crippen molar-refractivity contribution in [2.45, 2.75) is 0 Å². The second kappa shape index (κ2) is 8.76. The number of benzene rings is 2. The summed E-state index contributed by atoms with van der Waals surface area (Å²) < 4.78 is 6.78. The molecule has 2 aromatic heterocycles. The lowest BCUT2D eigenvalue weighted by atomic mass is 10.1. The summed E-state index contributed by atoms with van der Waals surface area (Å²) in [5, 5.41) is 17.9. The summed E-state index contributed by atoms with van der Waals surface area (Å²) in [6.45, 7) is 0. The Morgan fingerprint density at radius 3 is 2.65 bits per heavy atom. The molecule has 0 atom stereocenters. The molecule has 4 rings (SSSR count). The van der Waals surface area contributed by atoms with E-state index >= 15 is 0 Å². The summed E-state index contributed by atoms with van der Waals surface area (Å²) >= 11 is 1.37. The monoisotopic (exact) mass is 431 g/mol.